The van der Waals surface area contributed by atoms with Gasteiger partial charge >= 0.3 is 0 Å². The predicted octanol–water partition coefficient (Wildman–Crippen LogP) is 2.68. The molecule has 4 nitrogen and oxygen atoms in total. The van der Waals surface area contributed by atoms with Gasteiger partial charge in [0.2, 0.25) is 5.91 Å². The van der Waals surface area contributed by atoms with Crippen molar-refractivity contribution in [2.24, 2.45) is 5.92 Å². The number of allylic oxidation sites excluding steroid dienone is 2. The van der Waals surface area contributed by atoms with Gasteiger partial charge < -0.3 is 10.6 Å². The van der Waals surface area contributed by atoms with E-state index < -0.39 is 0 Å². The average Bonchev–Trinajstić information content (AvgIpc) is 2.99. The highest BCUT2D eigenvalue weighted by Gasteiger charge is 2.31. The summed E-state index contributed by atoms with van der Waals surface area (Å²) in [5.74, 6) is 0.322. The first kappa shape index (κ1) is 15.2. The highest BCUT2D eigenvalue weighted by Crippen LogP contribution is 2.38. The Hall–Kier alpha value is -1.72. The van der Waals surface area contributed by atoms with Crippen LogP contribution in [0.25, 0.3) is 10.2 Å². The minimum atomic E-state index is -0.0116. The molecule has 1 aliphatic carbocycles. The van der Waals surface area contributed by atoms with Gasteiger partial charge in [-0.25, -0.2) is 4.98 Å². The monoisotopic (exact) mass is 315 g/mol. The highest BCUT2D eigenvalue weighted by atomic mass is 32.1. The zero-order valence-electron chi connectivity index (χ0n) is 12.7. The number of nitrogens with zero attached hydrogens (tertiary/aromatic N) is 1. The summed E-state index contributed by atoms with van der Waals surface area (Å²) in [5, 5.41) is 7.16. The van der Waals surface area contributed by atoms with Crippen LogP contribution in [0.5, 0.6) is 0 Å². The van der Waals surface area contributed by atoms with E-state index in [9.17, 15) is 4.79 Å². The Labute approximate surface area is 134 Å². The topological polar surface area (TPSA) is 54.0 Å². The van der Waals surface area contributed by atoms with Crippen LogP contribution in [0.3, 0.4) is 0 Å². The van der Waals surface area contributed by atoms with E-state index in [0.29, 0.717) is 6.54 Å². The Balaban J connectivity index is 1.80. The Morgan fingerprint density at radius 3 is 2.91 bits per heavy atom. The first-order chi connectivity index (χ1) is 10.8. The summed E-state index contributed by atoms with van der Waals surface area (Å²) < 4.78 is 1.20. The third kappa shape index (κ3) is 3.20. The van der Waals surface area contributed by atoms with Gasteiger partial charge in [0.15, 0.2) is 0 Å². The van der Waals surface area contributed by atoms with Gasteiger partial charge in [-0.3, -0.25) is 4.79 Å². The number of likely N-dealkylation sites (N-methyl/N-ethyl adjacent to an activating group) is 1. The van der Waals surface area contributed by atoms with E-state index >= 15 is 0 Å². The molecule has 1 heterocycles. The molecule has 5 heteroatoms. The molecule has 0 spiro atoms. The van der Waals surface area contributed by atoms with E-state index in [1.807, 2.05) is 25.2 Å². The molecule has 0 bridgehead atoms. The number of fused-ring (bicyclic) bond motifs is 1. The molecule has 0 aliphatic heterocycles. The first-order valence-corrected chi connectivity index (χ1v) is 8.54. The molecule has 2 aromatic rings. The summed E-state index contributed by atoms with van der Waals surface area (Å²) in [4.78, 5) is 17.2. The first-order valence-electron chi connectivity index (χ1n) is 7.72. The van der Waals surface area contributed by atoms with Crippen LogP contribution in [0.15, 0.2) is 36.4 Å². The summed E-state index contributed by atoms with van der Waals surface area (Å²) in [6.07, 6.45) is 5.98. The lowest BCUT2D eigenvalue weighted by Gasteiger charge is -2.26. The molecular weight excluding hydrogens is 294 g/mol. The maximum absolute atomic E-state index is 12.5. The van der Waals surface area contributed by atoms with Gasteiger partial charge in [0.1, 0.15) is 0 Å². The normalized spacial score (nSPS) is 21.1. The summed E-state index contributed by atoms with van der Waals surface area (Å²) >= 11 is 1.72. The summed E-state index contributed by atoms with van der Waals surface area (Å²) in [5.41, 5.74) is 1.03. The maximum Gasteiger partial charge on any atom is 0.224 e. The van der Waals surface area contributed by atoms with E-state index in [1.54, 1.807) is 11.3 Å². The minimum absolute atomic E-state index is 0.0116. The van der Waals surface area contributed by atoms with Crippen LogP contribution in [0.4, 0.5) is 0 Å². The predicted molar refractivity (Wildman–Crippen MR) is 91.2 cm³/mol. The summed E-state index contributed by atoms with van der Waals surface area (Å²) in [6, 6.07) is 8.18. The van der Waals surface area contributed by atoms with Gasteiger partial charge in [-0.15, -0.1) is 11.3 Å². The fourth-order valence-electron chi connectivity index (χ4n) is 2.87. The second kappa shape index (κ2) is 7.03. The lowest BCUT2D eigenvalue weighted by molar-refractivity contribution is -0.125. The van der Waals surface area contributed by atoms with Crippen molar-refractivity contribution in [2.45, 2.75) is 18.8 Å². The smallest absolute Gasteiger partial charge is 0.224 e. The van der Waals surface area contributed by atoms with E-state index in [4.69, 9.17) is 4.98 Å². The van der Waals surface area contributed by atoms with Crippen LogP contribution in [-0.2, 0) is 4.79 Å². The van der Waals surface area contributed by atoms with E-state index in [0.717, 1.165) is 29.9 Å². The molecule has 22 heavy (non-hydrogen) atoms. The van der Waals surface area contributed by atoms with Crippen LogP contribution in [0, 0.1) is 5.92 Å². The molecule has 0 fully saturated rings. The molecule has 1 amide bonds. The Kier molecular flexibility index (Phi) is 4.85. The van der Waals surface area contributed by atoms with Crippen molar-refractivity contribution in [3.8, 4) is 0 Å². The minimum Gasteiger partial charge on any atom is -0.355 e. The molecule has 116 valence electrons. The van der Waals surface area contributed by atoms with Crippen LogP contribution >= 0.6 is 11.3 Å². The molecule has 1 aromatic heterocycles. The maximum atomic E-state index is 12.5. The van der Waals surface area contributed by atoms with E-state index in [-0.39, 0.29) is 17.7 Å². The zero-order chi connectivity index (χ0) is 15.4. The number of carbonyl (C=O) groups is 1. The summed E-state index contributed by atoms with van der Waals surface area (Å²) in [6.45, 7) is 1.46. The standard InChI is InChI=1S/C17H21N3OS/c1-18-10-11-19-16(21)12-6-2-3-7-13(12)17-20-14-8-4-5-9-15(14)22-17/h2-5,8-9,12-13,18H,6-7,10-11H2,1H3,(H,19,21). The molecule has 2 N–H and O–H groups in total. The Morgan fingerprint density at radius 2 is 2.09 bits per heavy atom. The number of nitrogens with one attached hydrogen (secondary N) is 2. The molecule has 1 aliphatic rings. The second-order valence-electron chi connectivity index (χ2n) is 5.57. The number of rotatable bonds is 5. The van der Waals surface area contributed by atoms with Crippen LogP contribution < -0.4 is 10.6 Å². The average molecular weight is 315 g/mol. The van der Waals surface area contributed by atoms with Gasteiger partial charge in [0.25, 0.3) is 0 Å². The lowest BCUT2D eigenvalue weighted by atomic mass is 9.82. The molecule has 2 unspecified atom stereocenters. The number of hydrogen-bond donors (Lipinski definition) is 2. The van der Waals surface area contributed by atoms with Crippen LogP contribution in [0.2, 0.25) is 0 Å². The fraction of sp³-hybridized carbons (Fsp3) is 0.412. The molecule has 2 atom stereocenters. The third-order valence-corrected chi connectivity index (χ3v) is 5.24. The van der Waals surface area contributed by atoms with Crippen LogP contribution in [0.1, 0.15) is 23.8 Å². The van der Waals surface area contributed by atoms with Gasteiger partial charge in [-0.05, 0) is 32.0 Å². The zero-order valence-corrected chi connectivity index (χ0v) is 13.5. The van der Waals surface area contributed by atoms with Crippen molar-refractivity contribution in [3.63, 3.8) is 0 Å². The van der Waals surface area contributed by atoms with Crippen molar-refractivity contribution in [3.05, 3.63) is 41.4 Å². The number of amides is 1. The fourth-order valence-corrected chi connectivity index (χ4v) is 4.01. The molecule has 0 saturated heterocycles. The van der Waals surface area contributed by atoms with E-state index in [1.165, 1.54) is 4.70 Å². The van der Waals surface area contributed by atoms with Crippen molar-refractivity contribution in [1.29, 1.82) is 0 Å². The lowest BCUT2D eigenvalue weighted by Crippen LogP contribution is -2.38. The second-order valence-corrected chi connectivity index (χ2v) is 6.63. The number of benzene rings is 1. The van der Waals surface area contributed by atoms with Crippen molar-refractivity contribution in [2.75, 3.05) is 20.1 Å². The number of hydrogen-bond acceptors (Lipinski definition) is 4. The van der Waals surface area contributed by atoms with Crippen molar-refractivity contribution in [1.82, 2.24) is 15.6 Å². The van der Waals surface area contributed by atoms with Crippen LogP contribution in [-0.4, -0.2) is 31.0 Å². The van der Waals surface area contributed by atoms with Crippen molar-refractivity contribution < 1.29 is 4.79 Å². The third-order valence-electron chi connectivity index (χ3n) is 4.07. The Bertz CT molecular complexity index is 646. The van der Waals surface area contributed by atoms with E-state index in [2.05, 4.69) is 28.9 Å². The Morgan fingerprint density at radius 1 is 1.27 bits per heavy atom. The number of para-hydroxylation sites is 1. The molecule has 0 saturated carbocycles. The highest BCUT2D eigenvalue weighted by molar-refractivity contribution is 7.18. The molecule has 0 radical (unpaired) electrons. The SMILES string of the molecule is CNCCNC(=O)C1CC=CCC1c1nc2ccccc2s1. The number of carbonyl (C=O) groups excluding carboxylic acids is 1. The van der Waals surface area contributed by atoms with Crippen molar-refractivity contribution >= 4 is 27.5 Å². The molecular formula is C17H21N3OS. The molecule has 1 aromatic carbocycles. The van der Waals surface area contributed by atoms with Gasteiger partial charge in [0, 0.05) is 19.0 Å². The van der Waals surface area contributed by atoms with Gasteiger partial charge in [-0.1, -0.05) is 24.3 Å². The quantitative estimate of drug-likeness (QED) is 0.659. The molecule has 3 rings (SSSR count). The number of aromatic nitrogens is 1. The number of thiazole rings is 1. The largest absolute Gasteiger partial charge is 0.355 e. The van der Waals surface area contributed by atoms with Gasteiger partial charge in [0.05, 0.1) is 21.1 Å². The van der Waals surface area contributed by atoms with Gasteiger partial charge in [-0.2, -0.15) is 0 Å². The summed E-state index contributed by atoms with van der Waals surface area (Å²) in [7, 11) is 1.89.